The zero-order chi connectivity index (χ0) is 14.6. The van der Waals surface area contributed by atoms with Crippen molar-refractivity contribution in [3.8, 4) is 11.5 Å². The molecule has 0 amide bonds. The lowest BCUT2D eigenvalue weighted by atomic mass is 9.86. The van der Waals surface area contributed by atoms with Crippen LogP contribution in [-0.2, 0) is 11.2 Å². The fourth-order valence-electron chi connectivity index (χ4n) is 1.77. The number of aliphatic carboxylic acids is 1. The predicted molar refractivity (Wildman–Crippen MR) is 77.0 cm³/mol. The topological polar surface area (TPSA) is 55.8 Å². The van der Waals surface area contributed by atoms with Gasteiger partial charge in [0.05, 0.1) is 23.6 Å². The molecule has 1 rings (SSSR count). The van der Waals surface area contributed by atoms with Gasteiger partial charge in [0.15, 0.2) is 11.5 Å². The largest absolute Gasteiger partial charge is 0.492 e. The molecule has 1 aromatic carbocycles. The Morgan fingerprint density at radius 2 is 2.05 bits per heavy atom. The molecule has 0 aliphatic heterocycles. The van der Waals surface area contributed by atoms with E-state index in [4.69, 9.17) is 9.47 Å². The lowest BCUT2D eigenvalue weighted by Gasteiger charge is -2.20. The Morgan fingerprint density at radius 3 is 2.53 bits per heavy atom. The molecule has 0 fully saturated rings. The highest BCUT2D eigenvalue weighted by atomic mass is 79.9. The van der Waals surface area contributed by atoms with Gasteiger partial charge >= 0.3 is 5.97 Å². The number of ether oxygens (including phenoxy) is 2. The average Bonchev–Trinajstić information content (AvgIpc) is 2.28. The molecule has 0 bridgehead atoms. The highest BCUT2D eigenvalue weighted by Crippen LogP contribution is 2.38. The number of carboxylic acid groups (broad SMARTS) is 1. The maximum absolute atomic E-state index is 11.2. The van der Waals surface area contributed by atoms with Crippen molar-refractivity contribution in [3.05, 3.63) is 22.2 Å². The minimum atomic E-state index is -0.822. The maximum atomic E-state index is 11.2. The summed E-state index contributed by atoms with van der Waals surface area (Å²) in [6, 6.07) is 3.70. The molecule has 0 atom stereocenters. The van der Waals surface area contributed by atoms with Gasteiger partial charge in [-0.3, -0.25) is 4.79 Å². The third-order valence-electron chi connectivity index (χ3n) is 2.80. The van der Waals surface area contributed by atoms with Crippen molar-refractivity contribution in [2.24, 2.45) is 5.41 Å². The van der Waals surface area contributed by atoms with Gasteiger partial charge in [0.2, 0.25) is 0 Å². The van der Waals surface area contributed by atoms with Gasteiger partial charge in [0.1, 0.15) is 0 Å². The van der Waals surface area contributed by atoms with Crippen molar-refractivity contribution in [2.45, 2.75) is 27.2 Å². The summed E-state index contributed by atoms with van der Waals surface area (Å²) >= 11 is 3.42. The Bertz CT molecular complexity index is 469. The summed E-state index contributed by atoms with van der Waals surface area (Å²) in [6.07, 6.45) is 0.422. The summed E-state index contributed by atoms with van der Waals surface area (Å²) in [6.45, 7) is 5.82. The highest BCUT2D eigenvalue weighted by Gasteiger charge is 2.28. The second-order valence-corrected chi connectivity index (χ2v) is 5.76. The SMILES string of the molecule is CCOc1cc(CC(C)(C)C(=O)O)cc(Br)c1OC. The molecule has 0 aromatic heterocycles. The molecule has 4 nitrogen and oxygen atoms in total. The second-order valence-electron chi connectivity index (χ2n) is 4.91. The van der Waals surface area contributed by atoms with Crippen molar-refractivity contribution in [1.82, 2.24) is 0 Å². The first kappa shape index (κ1) is 15.8. The predicted octanol–water partition coefficient (Wildman–Crippen LogP) is 3.51. The zero-order valence-electron chi connectivity index (χ0n) is 11.6. The third kappa shape index (κ3) is 3.86. The average molecular weight is 331 g/mol. The molecule has 0 saturated carbocycles. The first-order valence-corrected chi connectivity index (χ1v) is 6.83. The van der Waals surface area contributed by atoms with Crippen molar-refractivity contribution in [2.75, 3.05) is 13.7 Å². The number of methoxy groups -OCH3 is 1. The zero-order valence-corrected chi connectivity index (χ0v) is 13.2. The molecule has 0 saturated heterocycles. The lowest BCUT2D eigenvalue weighted by Crippen LogP contribution is -2.26. The van der Waals surface area contributed by atoms with E-state index in [-0.39, 0.29) is 0 Å². The van der Waals surface area contributed by atoms with Crippen molar-refractivity contribution >= 4 is 21.9 Å². The van der Waals surface area contributed by atoms with Gasteiger partial charge in [-0.2, -0.15) is 0 Å². The number of benzene rings is 1. The van der Waals surface area contributed by atoms with Gasteiger partial charge in [-0.25, -0.2) is 0 Å². The van der Waals surface area contributed by atoms with Crippen LogP contribution in [0.5, 0.6) is 11.5 Å². The number of hydrogen-bond donors (Lipinski definition) is 1. The third-order valence-corrected chi connectivity index (χ3v) is 3.39. The van der Waals surface area contributed by atoms with Crippen LogP contribution in [0.3, 0.4) is 0 Å². The monoisotopic (exact) mass is 330 g/mol. The number of carboxylic acids is 1. The fraction of sp³-hybridized carbons (Fsp3) is 0.500. The van der Waals surface area contributed by atoms with Crippen molar-refractivity contribution in [1.29, 1.82) is 0 Å². The van der Waals surface area contributed by atoms with E-state index in [9.17, 15) is 9.90 Å². The van der Waals surface area contributed by atoms with Crippen LogP contribution in [0.1, 0.15) is 26.3 Å². The fourth-order valence-corrected chi connectivity index (χ4v) is 2.42. The molecule has 1 aromatic rings. The van der Waals surface area contributed by atoms with Crippen LogP contribution in [0.15, 0.2) is 16.6 Å². The first-order valence-electron chi connectivity index (χ1n) is 6.04. The smallest absolute Gasteiger partial charge is 0.309 e. The van der Waals surface area contributed by atoms with E-state index in [1.807, 2.05) is 19.1 Å². The summed E-state index contributed by atoms with van der Waals surface area (Å²) in [5, 5.41) is 9.18. The van der Waals surface area contributed by atoms with E-state index >= 15 is 0 Å². The van der Waals surface area contributed by atoms with Crippen LogP contribution in [0.25, 0.3) is 0 Å². The second kappa shape index (κ2) is 6.28. The number of carbonyl (C=O) groups is 1. The molecule has 0 aliphatic rings. The van der Waals surface area contributed by atoms with Crippen LogP contribution in [0, 0.1) is 5.41 Å². The number of halogens is 1. The molecule has 1 N–H and O–H groups in total. The first-order chi connectivity index (χ1) is 8.81. The van der Waals surface area contributed by atoms with Crippen LogP contribution in [0.4, 0.5) is 0 Å². The number of hydrogen-bond acceptors (Lipinski definition) is 3. The molecule has 0 unspecified atom stereocenters. The highest BCUT2D eigenvalue weighted by molar-refractivity contribution is 9.10. The van der Waals surface area contributed by atoms with E-state index in [1.165, 1.54) is 0 Å². The van der Waals surface area contributed by atoms with E-state index < -0.39 is 11.4 Å². The van der Waals surface area contributed by atoms with Gasteiger partial charge in [0.25, 0.3) is 0 Å². The Morgan fingerprint density at radius 1 is 1.42 bits per heavy atom. The van der Waals surface area contributed by atoms with Gasteiger partial charge in [-0.05, 0) is 60.8 Å². The summed E-state index contributed by atoms with van der Waals surface area (Å²) in [5.74, 6) is 0.423. The summed E-state index contributed by atoms with van der Waals surface area (Å²) in [4.78, 5) is 11.2. The van der Waals surface area contributed by atoms with Crippen LogP contribution >= 0.6 is 15.9 Å². The number of rotatable bonds is 6. The quantitative estimate of drug-likeness (QED) is 0.867. The molecule has 5 heteroatoms. The summed E-state index contributed by atoms with van der Waals surface area (Å²) < 4.78 is 11.6. The Hall–Kier alpha value is -1.23. The van der Waals surface area contributed by atoms with Crippen LogP contribution in [-0.4, -0.2) is 24.8 Å². The lowest BCUT2D eigenvalue weighted by molar-refractivity contribution is -0.146. The van der Waals surface area contributed by atoms with Crippen LogP contribution in [0.2, 0.25) is 0 Å². The normalized spacial score (nSPS) is 11.2. The summed E-state index contributed by atoms with van der Waals surface area (Å²) in [5.41, 5.74) is 0.0702. The van der Waals surface area contributed by atoms with Crippen LogP contribution < -0.4 is 9.47 Å². The minimum Gasteiger partial charge on any atom is -0.492 e. The standard InChI is InChI=1S/C14H19BrO4/c1-5-19-11-7-9(6-10(15)12(11)18-4)8-14(2,3)13(16)17/h6-7H,5,8H2,1-4H3,(H,16,17). The molecule has 19 heavy (non-hydrogen) atoms. The Labute approximate surface area is 121 Å². The Balaban J connectivity index is 3.13. The van der Waals surface area contributed by atoms with E-state index in [0.29, 0.717) is 24.5 Å². The Kier molecular flexibility index (Phi) is 5.23. The molecule has 0 radical (unpaired) electrons. The molecule has 0 aliphatic carbocycles. The molecule has 0 spiro atoms. The molecular formula is C14H19BrO4. The van der Waals surface area contributed by atoms with E-state index in [0.717, 1.165) is 10.0 Å². The molecular weight excluding hydrogens is 312 g/mol. The molecule has 0 heterocycles. The molecule has 106 valence electrons. The maximum Gasteiger partial charge on any atom is 0.309 e. The van der Waals surface area contributed by atoms with Gasteiger partial charge in [-0.15, -0.1) is 0 Å². The van der Waals surface area contributed by atoms with E-state index in [2.05, 4.69) is 15.9 Å². The summed E-state index contributed by atoms with van der Waals surface area (Å²) in [7, 11) is 1.57. The minimum absolute atomic E-state index is 0.422. The van der Waals surface area contributed by atoms with Gasteiger partial charge < -0.3 is 14.6 Å². The van der Waals surface area contributed by atoms with Crippen molar-refractivity contribution < 1.29 is 19.4 Å². The van der Waals surface area contributed by atoms with Gasteiger partial charge in [0, 0.05) is 0 Å². The van der Waals surface area contributed by atoms with E-state index in [1.54, 1.807) is 21.0 Å². The van der Waals surface area contributed by atoms with Crippen molar-refractivity contribution in [3.63, 3.8) is 0 Å². The van der Waals surface area contributed by atoms with Gasteiger partial charge in [-0.1, -0.05) is 0 Å².